The summed E-state index contributed by atoms with van der Waals surface area (Å²) in [5, 5.41) is 2.76. The minimum absolute atomic E-state index is 0.0949. The number of imidazole rings is 3. The summed E-state index contributed by atoms with van der Waals surface area (Å²) in [6.07, 6.45) is 36.6. The van der Waals surface area contributed by atoms with Crippen molar-refractivity contribution < 1.29 is 110 Å². The van der Waals surface area contributed by atoms with E-state index in [9.17, 15) is 54.0 Å². The summed E-state index contributed by atoms with van der Waals surface area (Å²) in [6, 6.07) is 0. The molecule has 0 aliphatic rings. The van der Waals surface area contributed by atoms with Crippen molar-refractivity contribution >= 4 is 66.3 Å². The predicted octanol–water partition coefficient (Wildman–Crippen LogP) is 7.95. The first-order chi connectivity index (χ1) is 45.9. The number of rotatable bonds is 60. The number of alkyl carbamates (subject to hydrolysis) is 1. The van der Waals surface area contributed by atoms with E-state index >= 15 is 0 Å². The molecular formula is C65H112N7O21S3+3. The van der Waals surface area contributed by atoms with Crippen LogP contribution in [0.3, 0.4) is 0 Å². The Labute approximate surface area is 569 Å². The van der Waals surface area contributed by atoms with Gasteiger partial charge in [0.15, 0.2) is 0 Å². The molecule has 3 heterocycles. The summed E-state index contributed by atoms with van der Waals surface area (Å²) in [4.78, 5) is 76.0. The number of carbonyl (C=O) groups is 6. The third-order valence-corrected chi connectivity index (χ3v) is 18.5. The van der Waals surface area contributed by atoms with E-state index in [1.807, 2.05) is 90.5 Å². The zero-order chi connectivity index (χ0) is 70.2. The fourth-order valence-electron chi connectivity index (χ4n) is 10.3. The van der Waals surface area contributed by atoms with Crippen LogP contribution in [0.25, 0.3) is 0 Å². The van der Waals surface area contributed by atoms with Crippen LogP contribution in [0.1, 0.15) is 212 Å². The third kappa shape index (κ3) is 46.2. The number of hydrogen-bond acceptors (Lipinski definition) is 18. The Hall–Kier alpha value is -6.02. The number of amides is 1. The van der Waals surface area contributed by atoms with Gasteiger partial charge in [-0.05, 0) is 122 Å². The molecule has 3 aromatic heterocycles. The van der Waals surface area contributed by atoms with E-state index in [-0.39, 0.29) is 88.1 Å². The molecule has 0 fully saturated rings. The van der Waals surface area contributed by atoms with Crippen LogP contribution in [0.5, 0.6) is 0 Å². The van der Waals surface area contributed by atoms with Crippen LogP contribution in [-0.4, -0.2) is 152 Å². The quantitative estimate of drug-likeness (QED) is 0.0137. The molecule has 0 spiro atoms. The minimum Gasteiger partial charge on any atom is -0.466 e. The second-order valence-electron chi connectivity index (χ2n) is 24.8. The highest BCUT2D eigenvalue weighted by Crippen LogP contribution is 2.26. The van der Waals surface area contributed by atoms with E-state index in [0.29, 0.717) is 122 Å². The lowest BCUT2D eigenvalue weighted by Crippen LogP contribution is -2.39. The predicted molar refractivity (Wildman–Crippen MR) is 353 cm³/mol. The number of esters is 5. The third-order valence-electron chi connectivity index (χ3n) is 16.1. The molecule has 0 atom stereocenters. The number of nitrogens with one attached hydrogen (secondary N) is 1. The fraction of sp³-hybridized carbons (Fsp3) is 0.769. The van der Waals surface area contributed by atoms with Gasteiger partial charge in [-0.3, -0.25) is 37.6 Å². The van der Waals surface area contributed by atoms with Gasteiger partial charge in [0.2, 0.25) is 19.0 Å². The highest BCUT2D eigenvalue weighted by molar-refractivity contribution is 7.86. The number of hydrogen-bond donors (Lipinski definition) is 4. The lowest BCUT2D eigenvalue weighted by molar-refractivity contribution is -0.696. The van der Waals surface area contributed by atoms with Gasteiger partial charge in [-0.2, -0.15) is 25.3 Å². The van der Waals surface area contributed by atoms with E-state index in [0.717, 1.165) is 110 Å². The van der Waals surface area contributed by atoms with Crippen LogP contribution in [0, 0.1) is 5.41 Å². The number of nitrogens with zero attached hydrogens (tertiary/aromatic N) is 6. The van der Waals surface area contributed by atoms with Gasteiger partial charge in [-0.1, -0.05) is 39.0 Å². The number of carbonyl (C=O) groups excluding carboxylic acids is 6. The van der Waals surface area contributed by atoms with Crippen molar-refractivity contribution in [1.82, 2.24) is 19.0 Å². The molecule has 96 heavy (non-hydrogen) atoms. The highest BCUT2D eigenvalue weighted by atomic mass is 32.2. The lowest BCUT2D eigenvalue weighted by atomic mass is 9.88. The molecule has 3 aromatic rings. The van der Waals surface area contributed by atoms with Crippen molar-refractivity contribution in [2.45, 2.75) is 252 Å². The number of aryl methyl sites for hydroxylation is 6. The second-order valence-corrected chi connectivity index (χ2v) is 29.5. The van der Waals surface area contributed by atoms with Gasteiger partial charge in [0.25, 0.3) is 30.4 Å². The molecule has 4 N–H and O–H groups in total. The average molecular weight is 1420 g/mol. The van der Waals surface area contributed by atoms with E-state index < -0.39 is 59.8 Å². The lowest BCUT2D eigenvalue weighted by Gasteiger charge is -2.31. The van der Waals surface area contributed by atoms with Crippen molar-refractivity contribution in [3.05, 3.63) is 56.2 Å². The monoisotopic (exact) mass is 1420 g/mol. The fourth-order valence-corrected chi connectivity index (χ4v) is 11.8. The van der Waals surface area contributed by atoms with Gasteiger partial charge in [0, 0.05) is 57.9 Å². The summed E-state index contributed by atoms with van der Waals surface area (Å²) in [5.74, 6) is -2.77. The first-order valence-corrected chi connectivity index (χ1v) is 39.4. The number of unbranched alkanes of at least 4 members (excludes halogenated alkanes) is 17. The second kappa shape index (κ2) is 49.5. The van der Waals surface area contributed by atoms with Crippen LogP contribution < -0.4 is 19.0 Å². The summed E-state index contributed by atoms with van der Waals surface area (Å²) >= 11 is 0. The summed E-state index contributed by atoms with van der Waals surface area (Å²) in [5.41, 5.74) is -1.02. The summed E-state index contributed by atoms with van der Waals surface area (Å²) in [7, 11) is -11.9. The van der Waals surface area contributed by atoms with Gasteiger partial charge in [-0.15, -0.1) is 0 Å². The van der Waals surface area contributed by atoms with Crippen molar-refractivity contribution in [2.24, 2.45) is 5.41 Å². The van der Waals surface area contributed by atoms with E-state index in [2.05, 4.69) is 5.32 Å². The molecule has 28 nitrogen and oxygen atoms in total. The molecule has 0 aliphatic carbocycles. The Balaban J connectivity index is 1.30. The Kier molecular flexibility index (Phi) is 43.4. The topological polar surface area (TPSA) is 359 Å². The molecule has 0 radical (unpaired) electrons. The van der Waals surface area contributed by atoms with Crippen LogP contribution in [0.15, 0.2) is 56.2 Å². The van der Waals surface area contributed by atoms with Gasteiger partial charge in [0.05, 0.1) is 81.8 Å². The van der Waals surface area contributed by atoms with Crippen LogP contribution in [0.4, 0.5) is 4.79 Å². The zero-order valence-electron chi connectivity index (χ0n) is 56.7. The van der Waals surface area contributed by atoms with Gasteiger partial charge >= 0.3 is 35.9 Å². The normalized spacial score (nSPS) is 12.0. The maximum absolute atomic E-state index is 13.0. The molecular weight excluding hydrogens is 1310 g/mol. The molecule has 0 aromatic carbocycles. The molecule has 0 saturated carbocycles. The van der Waals surface area contributed by atoms with Gasteiger partial charge < -0.3 is 33.7 Å². The van der Waals surface area contributed by atoms with Gasteiger partial charge in [-0.25, -0.2) is 32.2 Å². The first-order valence-electron chi connectivity index (χ1n) is 34.6. The summed E-state index contributed by atoms with van der Waals surface area (Å²) < 4.78 is 137. The van der Waals surface area contributed by atoms with E-state index in [1.165, 1.54) is 0 Å². The maximum atomic E-state index is 13.0. The molecule has 0 saturated heterocycles. The molecule has 0 unspecified atom stereocenters. The zero-order valence-corrected chi connectivity index (χ0v) is 59.2. The molecule has 31 heteroatoms. The first kappa shape index (κ1) is 84.2. The van der Waals surface area contributed by atoms with Gasteiger partial charge in [0.1, 0.15) is 57.0 Å². The van der Waals surface area contributed by atoms with Crippen molar-refractivity contribution in [3.8, 4) is 0 Å². The van der Waals surface area contributed by atoms with Crippen molar-refractivity contribution in [3.63, 3.8) is 0 Å². The Bertz CT molecular complexity index is 2710. The summed E-state index contributed by atoms with van der Waals surface area (Å²) in [6.45, 7) is 6.41. The Morgan fingerprint density at radius 1 is 0.375 bits per heavy atom. The smallest absolute Gasteiger partial charge is 0.407 e. The van der Waals surface area contributed by atoms with Crippen molar-refractivity contribution in [1.29, 1.82) is 0 Å². The average Bonchev–Trinajstić information content (AvgIpc) is 1.56. The molecule has 0 aliphatic heterocycles. The number of ether oxygens (including phenoxy) is 6. The SMILES string of the molecule is CCC(COC(=O)CCCCCOC(=O)CCCCCCCn1cc[n+](CCCS(=O)(=O)O)c1)(COC(=O)CCCCCOC(=O)CCCCCCCn1cc[n+](CCCS(=O)(=O)O)c1)COC(=O)CCCCCOC(=O)NCCCCCCn1cc[n+](CCCS(=O)(=O)O)c1. The molecule has 1 amide bonds. The van der Waals surface area contributed by atoms with Crippen LogP contribution >= 0.6 is 0 Å². The van der Waals surface area contributed by atoms with E-state index in [1.54, 1.807) is 0 Å². The minimum atomic E-state index is -3.97. The largest absolute Gasteiger partial charge is 0.466 e. The van der Waals surface area contributed by atoms with Crippen LogP contribution in [0.2, 0.25) is 0 Å². The highest BCUT2D eigenvalue weighted by Gasteiger charge is 2.34. The number of aromatic nitrogens is 6. The van der Waals surface area contributed by atoms with Crippen molar-refractivity contribution in [2.75, 3.05) is 63.4 Å². The Morgan fingerprint density at radius 3 is 0.979 bits per heavy atom. The molecule has 3 rings (SSSR count). The van der Waals surface area contributed by atoms with E-state index in [4.69, 9.17) is 42.1 Å². The molecule has 0 bridgehead atoms. The maximum Gasteiger partial charge on any atom is 0.407 e. The van der Waals surface area contributed by atoms with Crippen LogP contribution in [-0.2, 0) is 122 Å². The standard InChI is InChI=1S/C65H109N7O21S3/c1-2-65(53-91-61(75)31-16-11-23-47-88-59(73)29-14-5-3-8-20-35-67-41-44-70(56-67)38-26-50-94(79,80)81,54-92-62(76)32-17-12-24-48-89-60(74)30-15-6-4-9-21-36-68-42-45-71(57-68)39-27-51-95(82,83)84)55-93-63(77)33-18-13-25-49-90-64(78)66-34-19-7-10-22-37-69-43-46-72(58-69)40-28-52-96(85,86)87/h41-46,56-58H,2-40,47-55H2,1H3,(H-3,66,78,79,80,81,82,83,84,85,86,87)/p+3. The molecule has 548 valence electrons. The Morgan fingerprint density at radius 2 is 0.656 bits per heavy atom.